The Morgan fingerprint density at radius 3 is 2.69 bits per heavy atom. The van der Waals surface area contributed by atoms with Gasteiger partial charge in [0.05, 0.1) is 0 Å². The molecule has 5 nitrogen and oxygen atoms in total. The molecule has 2 unspecified atom stereocenters. The SMILES string of the molecule is NCc1ccc2c(c1)[N+]([O-])(Cc1cccc3ccccc13)C(C(=O)O)C2. The number of hydrogen-bond acceptors (Lipinski definition) is 3. The number of hydroxylamine groups is 2. The number of nitrogens with two attached hydrogens (primary N) is 1. The molecule has 26 heavy (non-hydrogen) atoms. The summed E-state index contributed by atoms with van der Waals surface area (Å²) in [6.45, 7) is 0.401. The van der Waals surface area contributed by atoms with Crippen LogP contribution in [-0.2, 0) is 24.3 Å². The molecule has 2 atom stereocenters. The summed E-state index contributed by atoms with van der Waals surface area (Å²) in [7, 11) is 0. The van der Waals surface area contributed by atoms with Crippen molar-refractivity contribution in [3.8, 4) is 0 Å². The zero-order valence-corrected chi connectivity index (χ0v) is 14.3. The fourth-order valence-corrected chi connectivity index (χ4v) is 3.93. The second kappa shape index (κ2) is 6.21. The van der Waals surface area contributed by atoms with Crippen LogP contribution in [-0.4, -0.2) is 17.1 Å². The predicted molar refractivity (Wildman–Crippen MR) is 102 cm³/mol. The van der Waals surface area contributed by atoms with Gasteiger partial charge in [0.25, 0.3) is 0 Å². The third-order valence-electron chi connectivity index (χ3n) is 5.28. The van der Waals surface area contributed by atoms with E-state index in [2.05, 4.69) is 0 Å². The van der Waals surface area contributed by atoms with E-state index in [1.165, 1.54) is 0 Å². The van der Waals surface area contributed by atoms with Crippen LogP contribution >= 0.6 is 0 Å². The number of rotatable bonds is 4. The quantitative estimate of drug-likeness (QED) is 0.559. The maximum atomic E-state index is 13.9. The fraction of sp³-hybridized carbons (Fsp3) is 0.190. The van der Waals surface area contributed by atoms with Gasteiger partial charge in [0.2, 0.25) is 0 Å². The highest BCUT2D eigenvalue weighted by atomic mass is 16.6. The summed E-state index contributed by atoms with van der Waals surface area (Å²) in [5, 5.41) is 25.6. The first-order valence-corrected chi connectivity index (χ1v) is 8.63. The van der Waals surface area contributed by atoms with Gasteiger partial charge in [-0.1, -0.05) is 54.6 Å². The van der Waals surface area contributed by atoms with Crippen LogP contribution in [0.4, 0.5) is 5.69 Å². The van der Waals surface area contributed by atoms with Crippen LogP contribution in [0.5, 0.6) is 0 Å². The third kappa shape index (κ3) is 2.57. The summed E-state index contributed by atoms with van der Waals surface area (Å²) in [6, 6.07) is 18.1. The zero-order valence-electron chi connectivity index (χ0n) is 14.3. The molecule has 0 saturated carbocycles. The highest BCUT2D eigenvalue weighted by Gasteiger charge is 2.45. The molecule has 0 spiro atoms. The topological polar surface area (TPSA) is 86.4 Å². The molecule has 0 amide bonds. The van der Waals surface area contributed by atoms with Gasteiger partial charge in [-0.3, -0.25) is 0 Å². The van der Waals surface area contributed by atoms with Crippen molar-refractivity contribution in [3.63, 3.8) is 0 Å². The van der Waals surface area contributed by atoms with Crippen LogP contribution < -0.4 is 10.4 Å². The molecule has 0 saturated heterocycles. The average Bonchev–Trinajstić information content (AvgIpc) is 2.94. The first-order chi connectivity index (χ1) is 12.5. The molecular formula is C21H20N2O3. The van der Waals surface area contributed by atoms with Crippen molar-refractivity contribution in [1.82, 2.24) is 4.65 Å². The van der Waals surface area contributed by atoms with Crippen molar-refractivity contribution in [2.45, 2.75) is 25.6 Å². The van der Waals surface area contributed by atoms with Crippen molar-refractivity contribution in [1.29, 1.82) is 0 Å². The summed E-state index contributed by atoms with van der Waals surface area (Å²) in [5.74, 6) is -1.06. The molecule has 132 valence electrons. The van der Waals surface area contributed by atoms with E-state index in [1.54, 1.807) is 6.07 Å². The number of quaternary nitrogens is 1. The second-order valence-electron chi connectivity index (χ2n) is 6.82. The molecule has 5 heteroatoms. The molecule has 0 radical (unpaired) electrons. The predicted octanol–water partition coefficient (Wildman–Crippen LogP) is 3.31. The van der Waals surface area contributed by atoms with E-state index in [0.717, 1.165) is 27.5 Å². The minimum atomic E-state index is -1.06. The lowest BCUT2D eigenvalue weighted by atomic mass is 10.0. The van der Waals surface area contributed by atoms with Crippen LogP contribution in [0.2, 0.25) is 0 Å². The van der Waals surface area contributed by atoms with E-state index >= 15 is 0 Å². The maximum Gasteiger partial charge on any atom is 0.363 e. The van der Waals surface area contributed by atoms with E-state index in [0.29, 0.717) is 12.2 Å². The Morgan fingerprint density at radius 2 is 1.92 bits per heavy atom. The van der Waals surface area contributed by atoms with Crippen LogP contribution in [0.3, 0.4) is 0 Å². The van der Waals surface area contributed by atoms with Gasteiger partial charge in [-0.2, -0.15) is 0 Å². The van der Waals surface area contributed by atoms with Crippen LogP contribution in [0.1, 0.15) is 16.7 Å². The average molecular weight is 348 g/mol. The Hall–Kier alpha value is -2.73. The summed E-state index contributed by atoms with van der Waals surface area (Å²) in [6.07, 6.45) is 0.240. The molecular weight excluding hydrogens is 328 g/mol. The highest BCUT2D eigenvalue weighted by molar-refractivity contribution is 5.86. The number of fused-ring (bicyclic) bond motifs is 2. The Bertz CT molecular complexity index is 996. The molecule has 0 aromatic heterocycles. The lowest BCUT2D eigenvalue weighted by Crippen LogP contribution is -2.52. The van der Waals surface area contributed by atoms with Crippen molar-refractivity contribution in [3.05, 3.63) is 82.6 Å². The Morgan fingerprint density at radius 1 is 1.15 bits per heavy atom. The van der Waals surface area contributed by atoms with E-state index in [4.69, 9.17) is 5.73 Å². The number of nitrogens with zero attached hydrogens (tertiary/aromatic N) is 1. The molecule has 1 heterocycles. The van der Waals surface area contributed by atoms with Crippen molar-refractivity contribution in [2.24, 2.45) is 5.73 Å². The lowest BCUT2D eigenvalue weighted by Gasteiger charge is -2.42. The molecule has 4 rings (SSSR count). The Balaban J connectivity index is 1.86. The molecule has 0 bridgehead atoms. The van der Waals surface area contributed by atoms with E-state index in [-0.39, 0.29) is 13.0 Å². The van der Waals surface area contributed by atoms with Crippen molar-refractivity contribution < 1.29 is 9.90 Å². The first kappa shape index (κ1) is 16.7. The number of aliphatic carboxylic acids is 1. The summed E-state index contributed by atoms with van der Waals surface area (Å²) in [5.41, 5.74) is 8.74. The second-order valence-corrected chi connectivity index (χ2v) is 6.82. The van der Waals surface area contributed by atoms with E-state index < -0.39 is 16.7 Å². The van der Waals surface area contributed by atoms with Crippen molar-refractivity contribution in [2.75, 3.05) is 0 Å². The largest absolute Gasteiger partial charge is 0.626 e. The number of hydrogen-bond donors (Lipinski definition) is 2. The maximum absolute atomic E-state index is 13.9. The smallest absolute Gasteiger partial charge is 0.363 e. The normalized spacial score (nSPS) is 21.7. The molecule has 3 N–H and O–H groups in total. The van der Waals surface area contributed by atoms with Gasteiger partial charge >= 0.3 is 5.97 Å². The minimum Gasteiger partial charge on any atom is -0.626 e. The number of carboxylic acids is 1. The third-order valence-corrected chi connectivity index (χ3v) is 5.28. The molecule has 0 aliphatic carbocycles. The van der Waals surface area contributed by atoms with Gasteiger partial charge in [-0.15, -0.1) is 0 Å². The van der Waals surface area contributed by atoms with Gasteiger partial charge in [-0.25, -0.2) is 4.79 Å². The van der Waals surface area contributed by atoms with Crippen molar-refractivity contribution >= 4 is 22.4 Å². The summed E-state index contributed by atoms with van der Waals surface area (Å²) >= 11 is 0. The summed E-state index contributed by atoms with van der Waals surface area (Å²) in [4.78, 5) is 11.9. The number of benzene rings is 3. The Labute approximate surface area is 151 Å². The summed E-state index contributed by atoms with van der Waals surface area (Å²) < 4.78 is -0.882. The minimum absolute atomic E-state index is 0.0827. The van der Waals surface area contributed by atoms with E-state index in [1.807, 2.05) is 54.6 Å². The molecule has 1 aliphatic rings. The fourth-order valence-electron chi connectivity index (χ4n) is 3.93. The van der Waals surface area contributed by atoms with Gasteiger partial charge in [-0.05, 0) is 16.3 Å². The van der Waals surface area contributed by atoms with Gasteiger partial charge in [0, 0.05) is 30.2 Å². The highest BCUT2D eigenvalue weighted by Crippen LogP contribution is 2.41. The van der Waals surface area contributed by atoms with E-state index in [9.17, 15) is 15.1 Å². The molecule has 0 fully saturated rings. The standard InChI is InChI=1S/C21H20N2O3/c22-12-14-8-9-16-11-20(21(24)25)23(26,19(16)10-14)13-17-6-3-5-15-4-1-2-7-18(15)17/h1-10,20H,11-13,22H2,(H,24,25). The molecule has 3 aromatic carbocycles. The van der Waals surface area contributed by atoms with Gasteiger partial charge < -0.3 is 20.7 Å². The molecule has 3 aromatic rings. The van der Waals surface area contributed by atoms with Crippen LogP contribution in [0.25, 0.3) is 10.8 Å². The van der Waals surface area contributed by atoms with Gasteiger partial charge in [0.15, 0.2) is 6.04 Å². The number of carbonyl (C=O) groups is 1. The Kier molecular flexibility index (Phi) is 4.00. The zero-order chi connectivity index (χ0) is 18.3. The number of carboxylic acid groups (broad SMARTS) is 1. The lowest BCUT2D eigenvalue weighted by molar-refractivity contribution is -0.141. The van der Waals surface area contributed by atoms with Gasteiger partial charge in [0.1, 0.15) is 12.2 Å². The first-order valence-electron chi connectivity index (χ1n) is 8.63. The van der Waals surface area contributed by atoms with Crippen LogP contribution in [0, 0.1) is 5.21 Å². The monoisotopic (exact) mass is 348 g/mol. The van der Waals surface area contributed by atoms with Crippen LogP contribution in [0.15, 0.2) is 60.7 Å². The molecule has 1 aliphatic heterocycles.